The third-order valence-corrected chi connectivity index (χ3v) is 3.63. The van der Waals surface area contributed by atoms with Crippen molar-refractivity contribution in [2.24, 2.45) is 4.99 Å². The van der Waals surface area contributed by atoms with E-state index in [4.69, 9.17) is 9.15 Å². The van der Waals surface area contributed by atoms with Gasteiger partial charge in [0.05, 0.1) is 26.0 Å². The van der Waals surface area contributed by atoms with Crippen LogP contribution in [0.2, 0.25) is 0 Å². The molecular formula is C19H28IN3O3. The number of rotatable bonds is 8. The molecule has 1 aromatic carbocycles. The van der Waals surface area contributed by atoms with Crippen molar-refractivity contribution in [2.45, 2.75) is 32.9 Å². The Bertz CT molecular complexity index is 672. The summed E-state index contributed by atoms with van der Waals surface area (Å²) >= 11 is 0. The maximum atomic E-state index is 10.5. The van der Waals surface area contributed by atoms with Gasteiger partial charge in [-0.15, -0.1) is 24.0 Å². The van der Waals surface area contributed by atoms with Crippen LogP contribution in [-0.4, -0.2) is 30.8 Å². The molecule has 2 rings (SSSR count). The van der Waals surface area contributed by atoms with Gasteiger partial charge in [0.1, 0.15) is 17.1 Å². The molecule has 0 bridgehead atoms. The topological polar surface area (TPSA) is 79.0 Å². The Morgan fingerprint density at radius 2 is 2.04 bits per heavy atom. The summed E-state index contributed by atoms with van der Waals surface area (Å²) in [5.74, 6) is 1.99. The average molecular weight is 473 g/mol. The Morgan fingerprint density at radius 1 is 1.23 bits per heavy atom. The Hall–Kier alpha value is -1.74. The molecule has 0 aliphatic rings. The fourth-order valence-corrected chi connectivity index (χ4v) is 2.34. The summed E-state index contributed by atoms with van der Waals surface area (Å²) in [4.78, 5) is 4.57. The van der Waals surface area contributed by atoms with Gasteiger partial charge in [0.25, 0.3) is 0 Å². The first kappa shape index (κ1) is 22.3. The molecule has 1 unspecified atom stereocenters. The summed E-state index contributed by atoms with van der Waals surface area (Å²) in [5.41, 5.74) is -0.0601. The quantitative estimate of drug-likeness (QED) is 0.312. The van der Waals surface area contributed by atoms with E-state index in [-0.39, 0.29) is 30.5 Å². The molecule has 0 radical (unpaired) electrons. The van der Waals surface area contributed by atoms with Crippen LogP contribution in [0, 0.1) is 0 Å². The minimum absolute atomic E-state index is 0. The molecule has 0 saturated heterocycles. The first-order valence-electron chi connectivity index (χ1n) is 8.55. The van der Waals surface area contributed by atoms with E-state index in [2.05, 4.69) is 15.6 Å². The molecule has 1 aromatic heterocycles. The monoisotopic (exact) mass is 473 g/mol. The number of hydrogen-bond acceptors (Lipinski definition) is 4. The molecule has 1 atom stereocenters. The molecule has 26 heavy (non-hydrogen) atoms. The van der Waals surface area contributed by atoms with Crippen molar-refractivity contribution in [1.29, 1.82) is 0 Å². The van der Waals surface area contributed by atoms with Crippen molar-refractivity contribution in [3.8, 4) is 5.75 Å². The number of aliphatic hydroxyl groups is 1. The predicted molar refractivity (Wildman–Crippen MR) is 114 cm³/mol. The molecule has 0 spiro atoms. The smallest absolute Gasteiger partial charge is 0.191 e. The number of benzene rings is 1. The van der Waals surface area contributed by atoms with Gasteiger partial charge >= 0.3 is 0 Å². The second kappa shape index (κ2) is 11.1. The molecule has 0 saturated carbocycles. The lowest BCUT2D eigenvalue weighted by Gasteiger charge is -2.22. The molecule has 2 aromatic rings. The van der Waals surface area contributed by atoms with Gasteiger partial charge in [-0.2, -0.15) is 0 Å². The highest BCUT2D eigenvalue weighted by atomic mass is 127. The second-order valence-electron chi connectivity index (χ2n) is 5.88. The van der Waals surface area contributed by atoms with Crippen LogP contribution < -0.4 is 15.4 Å². The van der Waals surface area contributed by atoms with Gasteiger partial charge in [0.15, 0.2) is 5.96 Å². The summed E-state index contributed by atoms with van der Waals surface area (Å²) in [5, 5.41) is 16.9. The third-order valence-electron chi connectivity index (χ3n) is 3.63. The Labute approximate surface area is 172 Å². The maximum Gasteiger partial charge on any atom is 0.191 e. The molecule has 0 aliphatic heterocycles. The number of guanidine groups is 1. The number of ether oxygens (including phenoxy) is 1. The lowest BCUT2D eigenvalue weighted by Crippen LogP contribution is -2.44. The van der Waals surface area contributed by atoms with Gasteiger partial charge < -0.3 is 24.9 Å². The van der Waals surface area contributed by atoms with Crippen LogP contribution in [0.1, 0.15) is 32.1 Å². The fourth-order valence-electron chi connectivity index (χ4n) is 2.34. The molecule has 7 heteroatoms. The number of halogens is 1. The lowest BCUT2D eigenvalue weighted by molar-refractivity contribution is 0.0386. The van der Waals surface area contributed by atoms with Crippen LogP contribution in [-0.2, 0) is 12.1 Å². The van der Waals surface area contributed by atoms with Crippen molar-refractivity contribution < 1.29 is 14.3 Å². The maximum absolute atomic E-state index is 10.5. The summed E-state index contributed by atoms with van der Waals surface area (Å²) in [7, 11) is 0. The van der Waals surface area contributed by atoms with E-state index in [1.807, 2.05) is 38.1 Å². The zero-order chi connectivity index (χ0) is 18.1. The molecule has 6 nitrogen and oxygen atoms in total. The van der Waals surface area contributed by atoms with Crippen LogP contribution in [0.25, 0.3) is 0 Å². The van der Waals surface area contributed by atoms with Crippen molar-refractivity contribution in [1.82, 2.24) is 10.6 Å². The minimum atomic E-state index is -1.12. The van der Waals surface area contributed by atoms with E-state index >= 15 is 0 Å². The largest absolute Gasteiger partial charge is 0.494 e. The summed E-state index contributed by atoms with van der Waals surface area (Å²) in [6.45, 7) is 7.82. The molecule has 0 amide bonds. The van der Waals surface area contributed by atoms with Gasteiger partial charge in [-0.1, -0.05) is 12.1 Å². The number of nitrogens with zero attached hydrogens (tertiary/aromatic N) is 1. The molecule has 144 valence electrons. The van der Waals surface area contributed by atoms with Crippen LogP contribution in [0.4, 0.5) is 0 Å². The SMILES string of the molecule is CCNC(=NCc1cccc(OCC)c1)NCC(C)(O)c1ccco1.I. The number of nitrogens with one attached hydrogen (secondary N) is 2. The summed E-state index contributed by atoms with van der Waals surface area (Å²) in [6, 6.07) is 11.4. The molecule has 0 aliphatic carbocycles. The lowest BCUT2D eigenvalue weighted by atomic mass is 10.0. The van der Waals surface area contributed by atoms with Gasteiger partial charge in [0.2, 0.25) is 0 Å². The first-order chi connectivity index (χ1) is 12.0. The Morgan fingerprint density at radius 3 is 2.69 bits per heavy atom. The first-order valence-corrected chi connectivity index (χ1v) is 8.55. The number of furan rings is 1. The van der Waals surface area contributed by atoms with E-state index in [1.54, 1.807) is 25.3 Å². The molecule has 3 N–H and O–H groups in total. The highest BCUT2D eigenvalue weighted by Gasteiger charge is 2.26. The van der Waals surface area contributed by atoms with E-state index in [1.165, 1.54) is 0 Å². The summed E-state index contributed by atoms with van der Waals surface area (Å²) < 4.78 is 10.8. The number of hydrogen-bond donors (Lipinski definition) is 3. The average Bonchev–Trinajstić information content (AvgIpc) is 3.14. The zero-order valence-electron chi connectivity index (χ0n) is 15.5. The van der Waals surface area contributed by atoms with Crippen LogP contribution in [0.3, 0.4) is 0 Å². The van der Waals surface area contributed by atoms with Crippen molar-refractivity contribution in [2.75, 3.05) is 19.7 Å². The molecular weight excluding hydrogens is 445 g/mol. The van der Waals surface area contributed by atoms with Crippen molar-refractivity contribution in [3.05, 3.63) is 54.0 Å². The van der Waals surface area contributed by atoms with Gasteiger partial charge in [-0.3, -0.25) is 0 Å². The highest BCUT2D eigenvalue weighted by molar-refractivity contribution is 14.0. The zero-order valence-corrected chi connectivity index (χ0v) is 17.8. The third kappa shape index (κ3) is 6.87. The van der Waals surface area contributed by atoms with E-state index in [0.29, 0.717) is 24.9 Å². The highest BCUT2D eigenvalue weighted by Crippen LogP contribution is 2.19. The summed E-state index contributed by atoms with van der Waals surface area (Å²) in [6.07, 6.45) is 1.55. The normalized spacial score (nSPS) is 13.5. The predicted octanol–water partition coefficient (Wildman–Crippen LogP) is 3.26. The van der Waals surface area contributed by atoms with Crippen LogP contribution in [0.15, 0.2) is 52.1 Å². The fraction of sp³-hybridized carbons (Fsp3) is 0.421. The van der Waals surface area contributed by atoms with E-state index in [9.17, 15) is 5.11 Å². The minimum Gasteiger partial charge on any atom is -0.494 e. The molecule has 1 heterocycles. The van der Waals surface area contributed by atoms with E-state index < -0.39 is 5.60 Å². The van der Waals surface area contributed by atoms with Gasteiger partial charge in [-0.05, 0) is 50.6 Å². The number of aliphatic imine (C=N–C) groups is 1. The Kier molecular flexibility index (Phi) is 9.50. The van der Waals surface area contributed by atoms with Crippen molar-refractivity contribution >= 4 is 29.9 Å². The second-order valence-corrected chi connectivity index (χ2v) is 5.88. The Balaban J connectivity index is 0.00000338. The van der Waals surface area contributed by atoms with Crippen molar-refractivity contribution in [3.63, 3.8) is 0 Å². The van der Waals surface area contributed by atoms with E-state index in [0.717, 1.165) is 17.9 Å². The van der Waals surface area contributed by atoms with Gasteiger partial charge in [-0.25, -0.2) is 4.99 Å². The standard InChI is InChI=1S/C19H27N3O3.HI/c1-4-20-18(22-14-19(3,23)17-10-7-11-25-17)21-13-15-8-6-9-16(12-15)24-5-2;/h6-12,23H,4-5,13-14H2,1-3H3,(H2,20,21,22);1H. The molecule has 0 fully saturated rings. The van der Waals surface area contributed by atoms with Crippen LogP contribution >= 0.6 is 24.0 Å². The van der Waals surface area contributed by atoms with Gasteiger partial charge in [0, 0.05) is 6.54 Å². The van der Waals surface area contributed by atoms with Crippen LogP contribution in [0.5, 0.6) is 5.75 Å².